The second kappa shape index (κ2) is 6.84. The number of fused-ring (bicyclic) bond motifs is 1. The molecule has 0 fully saturated rings. The van der Waals surface area contributed by atoms with Gasteiger partial charge in [-0.2, -0.15) is 0 Å². The van der Waals surface area contributed by atoms with Crippen LogP contribution in [0.25, 0.3) is 11.0 Å². The number of aliphatic hydroxyl groups is 1. The summed E-state index contributed by atoms with van der Waals surface area (Å²) in [6, 6.07) is 11.5. The van der Waals surface area contributed by atoms with Crippen molar-refractivity contribution in [2.75, 3.05) is 21.3 Å². The van der Waals surface area contributed by atoms with Crippen molar-refractivity contribution >= 4 is 11.0 Å². The molecule has 2 aromatic carbocycles. The highest BCUT2D eigenvalue weighted by atomic mass is 16.5. The van der Waals surface area contributed by atoms with Gasteiger partial charge in [-0.25, -0.2) is 0 Å². The summed E-state index contributed by atoms with van der Waals surface area (Å²) in [7, 11) is 4.78. The van der Waals surface area contributed by atoms with Crippen molar-refractivity contribution in [1.82, 2.24) is 0 Å². The molecule has 0 aliphatic heterocycles. The Morgan fingerprint density at radius 3 is 2.29 bits per heavy atom. The van der Waals surface area contributed by atoms with Crippen molar-refractivity contribution in [3.05, 3.63) is 53.3 Å². The lowest BCUT2D eigenvalue weighted by molar-refractivity contribution is 0.282. The van der Waals surface area contributed by atoms with Gasteiger partial charge in [0.25, 0.3) is 0 Å². The van der Waals surface area contributed by atoms with E-state index in [0.717, 1.165) is 28.0 Å². The Bertz CT molecular complexity index is 833. The molecule has 1 N–H and O–H groups in total. The molecule has 126 valence electrons. The van der Waals surface area contributed by atoms with Gasteiger partial charge in [0, 0.05) is 11.8 Å². The van der Waals surface area contributed by atoms with Gasteiger partial charge in [0.05, 0.1) is 27.9 Å². The highest BCUT2D eigenvalue weighted by molar-refractivity contribution is 5.89. The summed E-state index contributed by atoms with van der Waals surface area (Å²) in [5.41, 5.74) is 2.43. The number of aliphatic hydroxyl groups excluding tert-OH is 1. The second-order valence-corrected chi connectivity index (χ2v) is 5.41. The number of rotatable bonds is 6. The van der Waals surface area contributed by atoms with E-state index in [9.17, 15) is 5.11 Å². The Hall–Kier alpha value is -2.66. The van der Waals surface area contributed by atoms with Crippen LogP contribution < -0.4 is 14.2 Å². The van der Waals surface area contributed by atoms with E-state index < -0.39 is 0 Å². The van der Waals surface area contributed by atoms with Gasteiger partial charge in [0.1, 0.15) is 11.5 Å². The third-order valence-electron chi connectivity index (χ3n) is 4.00. The Kier molecular flexibility index (Phi) is 4.62. The van der Waals surface area contributed by atoms with Crippen LogP contribution in [0.2, 0.25) is 0 Å². The van der Waals surface area contributed by atoms with E-state index in [0.29, 0.717) is 23.5 Å². The lowest BCUT2D eigenvalue weighted by Crippen LogP contribution is -1.94. The normalized spacial score (nSPS) is 10.8. The van der Waals surface area contributed by atoms with E-state index in [1.165, 1.54) is 0 Å². The number of ether oxygens (including phenoxy) is 3. The topological polar surface area (TPSA) is 61.1 Å². The molecule has 0 bridgehead atoms. The van der Waals surface area contributed by atoms with Gasteiger partial charge in [0.15, 0.2) is 11.3 Å². The fourth-order valence-electron chi connectivity index (χ4n) is 2.77. The third-order valence-corrected chi connectivity index (χ3v) is 4.00. The molecule has 0 saturated heterocycles. The van der Waals surface area contributed by atoms with Crippen LogP contribution in [-0.2, 0) is 13.0 Å². The fourth-order valence-corrected chi connectivity index (χ4v) is 2.77. The smallest absolute Gasteiger partial charge is 0.204 e. The highest BCUT2D eigenvalue weighted by Crippen LogP contribution is 2.40. The fraction of sp³-hybridized carbons (Fsp3) is 0.263. The Labute approximate surface area is 140 Å². The minimum Gasteiger partial charge on any atom is -0.497 e. The van der Waals surface area contributed by atoms with Crippen LogP contribution in [0.5, 0.6) is 17.2 Å². The molecule has 5 heteroatoms. The van der Waals surface area contributed by atoms with Crippen molar-refractivity contribution < 1.29 is 23.7 Å². The van der Waals surface area contributed by atoms with E-state index in [-0.39, 0.29) is 6.61 Å². The van der Waals surface area contributed by atoms with Crippen molar-refractivity contribution in [3.63, 3.8) is 0 Å². The first-order valence-corrected chi connectivity index (χ1v) is 7.60. The van der Waals surface area contributed by atoms with Crippen LogP contribution in [0.3, 0.4) is 0 Å². The summed E-state index contributed by atoms with van der Waals surface area (Å²) in [6.45, 7) is -0.0988. The molecular formula is C19H20O5. The SMILES string of the molecule is COc1ccc(Cc2cc3c(CO)cc(OC)c(OC)c3o2)cc1. The van der Waals surface area contributed by atoms with Crippen molar-refractivity contribution in [1.29, 1.82) is 0 Å². The number of benzene rings is 2. The molecule has 1 aromatic heterocycles. The lowest BCUT2D eigenvalue weighted by Gasteiger charge is -2.09. The Balaban J connectivity index is 2.03. The maximum Gasteiger partial charge on any atom is 0.204 e. The molecule has 0 saturated carbocycles. The predicted molar refractivity (Wildman–Crippen MR) is 91.0 cm³/mol. The van der Waals surface area contributed by atoms with Gasteiger partial charge in [-0.05, 0) is 35.4 Å². The summed E-state index contributed by atoms with van der Waals surface area (Å²) < 4.78 is 21.9. The largest absolute Gasteiger partial charge is 0.497 e. The van der Waals surface area contributed by atoms with Crippen LogP contribution in [-0.4, -0.2) is 26.4 Å². The highest BCUT2D eigenvalue weighted by Gasteiger charge is 2.18. The average molecular weight is 328 g/mol. The van der Waals surface area contributed by atoms with E-state index >= 15 is 0 Å². The number of hydrogen-bond acceptors (Lipinski definition) is 5. The molecule has 0 radical (unpaired) electrons. The van der Waals surface area contributed by atoms with Crippen LogP contribution >= 0.6 is 0 Å². The summed E-state index contributed by atoms with van der Waals surface area (Å²) in [4.78, 5) is 0. The zero-order chi connectivity index (χ0) is 17.1. The maximum atomic E-state index is 9.62. The first kappa shape index (κ1) is 16.2. The van der Waals surface area contributed by atoms with Crippen molar-refractivity contribution in [3.8, 4) is 17.2 Å². The zero-order valence-corrected chi connectivity index (χ0v) is 14.0. The Morgan fingerprint density at radius 2 is 1.71 bits per heavy atom. The summed E-state index contributed by atoms with van der Waals surface area (Å²) in [5.74, 6) is 2.68. The minimum absolute atomic E-state index is 0.0988. The van der Waals surface area contributed by atoms with Gasteiger partial charge in [-0.3, -0.25) is 0 Å². The second-order valence-electron chi connectivity index (χ2n) is 5.41. The van der Waals surface area contributed by atoms with E-state index in [2.05, 4.69) is 0 Å². The molecule has 5 nitrogen and oxygen atoms in total. The van der Waals surface area contributed by atoms with E-state index in [4.69, 9.17) is 18.6 Å². The number of methoxy groups -OCH3 is 3. The summed E-state index contributed by atoms with van der Waals surface area (Å²) in [5, 5.41) is 10.5. The van der Waals surface area contributed by atoms with Crippen LogP contribution in [0.4, 0.5) is 0 Å². The van der Waals surface area contributed by atoms with Gasteiger partial charge < -0.3 is 23.7 Å². The number of hydrogen-bond donors (Lipinski definition) is 1. The van der Waals surface area contributed by atoms with Gasteiger partial charge in [-0.15, -0.1) is 0 Å². The van der Waals surface area contributed by atoms with Gasteiger partial charge >= 0.3 is 0 Å². The van der Waals surface area contributed by atoms with Gasteiger partial charge in [-0.1, -0.05) is 12.1 Å². The van der Waals surface area contributed by atoms with Gasteiger partial charge in [0.2, 0.25) is 5.75 Å². The van der Waals surface area contributed by atoms with E-state index in [1.54, 1.807) is 27.4 Å². The summed E-state index contributed by atoms with van der Waals surface area (Å²) >= 11 is 0. The third kappa shape index (κ3) is 2.90. The zero-order valence-electron chi connectivity index (χ0n) is 14.0. The molecule has 0 aliphatic carbocycles. The molecule has 0 aliphatic rings. The molecule has 1 heterocycles. The Morgan fingerprint density at radius 1 is 0.958 bits per heavy atom. The van der Waals surface area contributed by atoms with E-state index in [1.807, 2.05) is 30.3 Å². The number of furan rings is 1. The minimum atomic E-state index is -0.0988. The molecule has 24 heavy (non-hydrogen) atoms. The van der Waals surface area contributed by atoms with Crippen molar-refractivity contribution in [2.24, 2.45) is 0 Å². The summed E-state index contributed by atoms with van der Waals surface area (Å²) in [6.07, 6.45) is 0.634. The first-order valence-electron chi connectivity index (χ1n) is 7.60. The van der Waals surface area contributed by atoms with Crippen molar-refractivity contribution in [2.45, 2.75) is 13.0 Å². The van der Waals surface area contributed by atoms with Crippen LogP contribution in [0.15, 0.2) is 40.8 Å². The average Bonchev–Trinajstić information content (AvgIpc) is 3.04. The maximum absolute atomic E-state index is 9.62. The molecule has 3 aromatic rings. The lowest BCUT2D eigenvalue weighted by atomic mass is 10.1. The molecular weight excluding hydrogens is 308 g/mol. The first-order chi connectivity index (χ1) is 11.7. The standard InChI is InChI=1S/C19H20O5/c1-21-14-6-4-12(5-7-14)8-15-10-16-13(11-20)9-17(22-2)19(23-3)18(16)24-15/h4-7,9-10,20H,8,11H2,1-3H3. The molecule has 0 unspecified atom stereocenters. The molecule has 3 rings (SSSR count). The quantitative estimate of drug-likeness (QED) is 0.750. The van der Waals surface area contributed by atoms with Crippen LogP contribution in [0, 0.1) is 0 Å². The predicted octanol–water partition coefficient (Wildman–Crippen LogP) is 3.54. The molecule has 0 amide bonds. The monoisotopic (exact) mass is 328 g/mol. The molecule has 0 atom stereocenters. The van der Waals surface area contributed by atoms with Crippen LogP contribution in [0.1, 0.15) is 16.9 Å². The molecule has 0 spiro atoms.